The summed E-state index contributed by atoms with van der Waals surface area (Å²) in [6.45, 7) is 5.16. The molecule has 1 amide bonds. The molecule has 4 heteroatoms. The Bertz CT molecular complexity index is 437. The molecule has 100 valence electrons. The average molecular weight is 313 g/mol. The van der Waals surface area contributed by atoms with Gasteiger partial charge >= 0.3 is 0 Å². The van der Waals surface area contributed by atoms with Gasteiger partial charge in [-0.05, 0) is 40.8 Å². The molecule has 1 saturated carbocycles. The molecule has 1 aromatic rings. The molecule has 1 atom stereocenters. The number of carbonyl (C=O) groups excluding carboxylic acids is 1. The van der Waals surface area contributed by atoms with Gasteiger partial charge in [-0.25, -0.2) is 0 Å². The Hall–Kier alpha value is -0.770. The van der Waals surface area contributed by atoms with Crippen LogP contribution in [0.2, 0.25) is 0 Å². The number of aromatic nitrogens is 1. The lowest BCUT2D eigenvalue weighted by Gasteiger charge is -2.21. The third-order valence-corrected chi connectivity index (χ3v) is 4.04. The highest BCUT2D eigenvalue weighted by Gasteiger charge is 2.28. The van der Waals surface area contributed by atoms with Crippen molar-refractivity contribution >= 4 is 21.8 Å². The molecule has 1 aliphatic carbocycles. The second-order valence-corrected chi connectivity index (χ2v) is 6.30. The molecule has 0 spiro atoms. The van der Waals surface area contributed by atoms with E-state index in [0.29, 0.717) is 12.0 Å². The van der Waals surface area contributed by atoms with Gasteiger partial charge in [-0.2, -0.15) is 0 Å². The lowest BCUT2D eigenvalue weighted by Crippen LogP contribution is -2.32. The van der Waals surface area contributed by atoms with Crippen molar-refractivity contribution in [2.75, 3.05) is 13.6 Å². The number of nitrogens with zero attached hydrogens (tertiary/aromatic N) is 2. The third kappa shape index (κ3) is 2.97. The number of carbonyl (C=O) groups is 1. The quantitative estimate of drug-likeness (QED) is 0.813. The van der Waals surface area contributed by atoms with Crippen LogP contribution in [0.5, 0.6) is 0 Å². The van der Waals surface area contributed by atoms with E-state index >= 15 is 0 Å². The molecule has 1 aromatic heterocycles. The first-order valence-electron chi connectivity index (χ1n) is 6.65. The molecular weight excluding hydrogens is 292 g/mol. The minimum absolute atomic E-state index is 0.132. The number of hydrogen-bond acceptors (Lipinski definition) is 1. The van der Waals surface area contributed by atoms with E-state index in [2.05, 4.69) is 34.3 Å². The van der Waals surface area contributed by atoms with Crippen LogP contribution in [0.15, 0.2) is 16.7 Å². The summed E-state index contributed by atoms with van der Waals surface area (Å²) in [7, 11) is 1.90. The zero-order valence-corrected chi connectivity index (χ0v) is 12.9. The molecule has 1 heterocycles. The van der Waals surface area contributed by atoms with E-state index in [1.807, 2.05) is 24.2 Å². The highest BCUT2D eigenvalue weighted by atomic mass is 79.9. The highest BCUT2D eigenvalue weighted by molar-refractivity contribution is 9.10. The summed E-state index contributed by atoms with van der Waals surface area (Å²) < 4.78 is 3.12. The molecule has 18 heavy (non-hydrogen) atoms. The number of amides is 1. The van der Waals surface area contributed by atoms with Crippen LogP contribution in [0.4, 0.5) is 0 Å². The Morgan fingerprint density at radius 2 is 2.28 bits per heavy atom. The van der Waals surface area contributed by atoms with Crippen LogP contribution in [0.1, 0.15) is 49.6 Å². The van der Waals surface area contributed by atoms with Crippen molar-refractivity contribution in [3.63, 3.8) is 0 Å². The maximum Gasteiger partial charge on any atom is 0.270 e. The fourth-order valence-electron chi connectivity index (χ4n) is 2.15. The Morgan fingerprint density at radius 3 is 2.83 bits per heavy atom. The minimum Gasteiger partial charge on any atom is -0.340 e. The summed E-state index contributed by atoms with van der Waals surface area (Å²) in [5.41, 5.74) is 0.815. The van der Waals surface area contributed by atoms with Crippen LogP contribution < -0.4 is 0 Å². The van der Waals surface area contributed by atoms with Crippen molar-refractivity contribution < 1.29 is 4.79 Å². The van der Waals surface area contributed by atoms with Crippen LogP contribution >= 0.6 is 15.9 Å². The van der Waals surface area contributed by atoms with Gasteiger partial charge in [-0.15, -0.1) is 0 Å². The molecule has 3 nitrogen and oxygen atoms in total. The van der Waals surface area contributed by atoms with E-state index in [9.17, 15) is 4.79 Å². The zero-order chi connectivity index (χ0) is 13.3. The SMILES string of the molecule is CCC(C)CN(C)C(=O)c1cc(Br)cn1C1CC1. The molecule has 2 rings (SSSR count). The first-order chi connectivity index (χ1) is 8.52. The Morgan fingerprint density at radius 1 is 1.61 bits per heavy atom. The van der Waals surface area contributed by atoms with Gasteiger partial charge in [0.15, 0.2) is 0 Å². The van der Waals surface area contributed by atoms with Crippen molar-refractivity contribution in [2.45, 2.75) is 39.2 Å². The first kappa shape index (κ1) is 13.7. The molecule has 0 radical (unpaired) electrons. The topological polar surface area (TPSA) is 25.2 Å². The lowest BCUT2D eigenvalue weighted by atomic mass is 10.1. The predicted octanol–water partition coefficient (Wildman–Crippen LogP) is 3.70. The van der Waals surface area contributed by atoms with E-state index in [0.717, 1.165) is 23.1 Å². The van der Waals surface area contributed by atoms with E-state index < -0.39 is 0 Å². The minimum atomic E-state index is 0.132. The zero-order valence-electron chi connectivity index (χ0n) is 11.3. The smallest absolute Gasteiger partial charge is 0.270 e. The van der Waals surface area contributed by atoms with Gasteiger partial charge < -0.3 is 9.47 Å². The Labute approximate surface area is 117 Å². The van der Waals surface area contributed by atoms with E-state index in [-0.39, 0.29) is 5.91 Å². The van der Waals surface area contributed by atoms with Gasteiger partial charge in [0.2, 0.25) is 0 Å². The largest absolute Gasteiger partial charge is 0.340 e. The summed E-state index contributed by atoms with van der Waals surface area (Å²) >= 11 is 3.47. The normalized spacial score (nSPS) is 16.7. The fraction of sp³-hybridized carbons (Fsp3) is 0.643. The average Bonchev–Trinajstić information content (AvgIpc) is 3.11. The second kappa shape index (κ2) is 5.47. The second-order valence-electron chi connectivity index (χ2n) is 5.38. The van der Waals surface area contributed by atoms with Gasteiger partial charge in [0.05, 0.1) is 0 Å². The summed E-state index contributed by atoms with van der Waals surface area (Å²) in [5, 5.41) is 0. The van der Waals surface area contributed by atoms with E-state index in [4.69, 9.17) is 0 Å². The van der Waals surface area contributed by atoms with Crippen LogP contribution in [-0.4, -0.2) is 29.0 Å². The summed E-state index contributed by atoms with van der Waals surface area (Å²) in [6.07, 6.45) is 5.51. The molecule has 1 aliphatic rings. The van der Waals surface area contributed by atoms with Crippen molar-refractivity contribution in [1.29, 1.82) is 0 Å². The van der Waals surface area contributed by atoms with Crippen LogP contribution in [0, 0.1) is 5.92 Å². The lowest BCUT2D eigenvalue weighted by molar-refractivity contribution is 0.0764. The van der Waals surface area contributed by atoms with E-state index in [1.165, 1.54) is 12.8 Å². The van der Waals surface area contributed by atoms with Gasteiger partial charge in [0, 0.05) is 30.3 Å². The summed E-state index contributed by atoms with van der Waals surface area (Å²) in [5.74, 6) is 0.680. The Kier molecular flexibility index (Phi) is 4.15. The standard InChI is InChI=1S/C14H21BrN2O/c1-4-10(2)8-16(3)14(18)13-7-11(15)9-17(13)12-5-6-12/h7,9-10,12H,4-6,8H2,1-3H3. The Balaban J connectivity index is 2.12. The first-order valence-corrected chi connectivity index (χ1v) is 7.45. The molecular formula is C14H21BrN2O. The summed E-state index contributed by atoms with van der Waals surface area (Å²) in [4.78, 5) is 14.3. The summed E-state index contributed by atoms with van der Waals surface area (Å²) in [6, 6.07) is 2.47. The molecule has 0 aliphatic heterocycles. The molecule has 0 aromatic carbocycles. The molecule has 0 bridgehead atoms. The number of halogens is 1. The molecule has 0 saturated heterocycles. The monoisotopic (exact) mass is 312 g/mol. The van der Waals surface area contributed by atoms with Gasteiger partial charge in [0.25, 0.3) is 5.91 Å². The van der Waals surface area contributed by atoms with Gasteiger partial charge in [0.1, 0.15) is 5.69 Å². The van der Waals surface area contributed by atoms with E-state index in [1.54, 1.807) is 0 Å². The van der Waals surface area contributed by atoms with Crippen LogP contribution in [-0.2, 0) is 0 Å². The van der Waals surface area contributed by atoms with Crippen molar-refractivity contribution in [2.24, 2.45) is 5.92 Å². The number of hydrogen-bond donors (Lipinski definition) is 0. The molecule has 0 N–H and O–H groups in total. The van der Waals surface area contributed by atoms with Gasteiger partial charge in [-0.1, -0.05) is 20.3 Å². The third-order valence-electron chi connectivity index (χ3n) is 3.60. The maximum atomic E-state index is 12.4. The van der Waals surface area contributed by atoms with Crippen molar-refractivity contribution in [1.82, 2.24) is 9.47 Å². The van der Waals surface area contributed by atoms with Crippen molar-refractivity contribution in [3.8, 4) is 0 Å². The van der Waals surface area contributed by atoms with Crippen LogP contribution in [0.25, 0.3) is 0 Å². The van der Waals surface area contributed by atoms with Crippen molar-refractivity contribution in [3.05, 3.63) is 22.4 Å². The predicted molar refractivity (Wildman–Crippen MR) is 76.8 cm³/mol. The highest BCUT2D eigenvalue weighted by Crippen LogP contribution is 2.37. The fourth-order valence-corrected chi connectivity index (χ4v) is 2.58. The van der Waals surface area contributed by atoms with Crippen LogP contribution in [0.3, 0.4) is 0 Å². The molecule has 1 unspecified atom stereocenters. The molecule has 1 fully saturated rings. The van der Waals surface area contributed by atoms with Gasteiger partial charge in [-0.3, -0.25) is 4.79 Å². The maximum absolute atomic E-state index is 12.4. The number of rotatable bonds is 5.